The molecule has 1 aromatic heterocycles. The fourth-order valence-electron chi connectivity index (χ4n) is 2.88. The maximum Gasteiger partial charge on any atom is 0.251 e. The number of hydrogen-bond donors (Lipinski definition) is 2. The Hall–Kier alpha value is -2.86. The van der Waals surface area contributed by atoms with Crippen molar-refractivity contribution < 1.29 is 9.59 Å². The number of amides is 2. The number of carbonyl (C=O) groups excluding carboxylic acids is 2. The van der Waals surface area contributed by atoms with Crippen LogP contribution >= 0.6 is 11.6 Å². The number of rotatable bonds is 6. The molecule has 0 saturated heterocycles. The molecule has 0 radical (unpaired) electrons. The molecular weight excluding hydrogens is 364 g/mol. The number of fused-ring (bicyclic) bond motifs is 1. The molecule has 0 atom stereocenters. The number of aromatic nitrogens is 2. The van der Waals surface area contributed by atoms with Gasteiger partial charge in [-0.2, -0.15) is 0 Å². The summed E-state index contributed by atoms with van der Waals surface area (Å²) in [7, 11) is 0. The normalized spacial score (nSPS) is 10.8. The Bertz CT molecular complexity index is 997. The monoisotopic (exact) mass is 384 g/mol. The smallest absolute Gasteiger partial charge is 0.251 e. The van der Waals surface area contributed by atoms with Gasteiger partial charge in [-0.15, -0.1) is 0 Å². The first-order chi connectivity index (χ1) is 13.0. The Morgan fingerprint density at radius 3 is 2.74 bits per heavy atom. The molecule has 0 unspecified atom stereocenters. The molecule has 0 aliphatic heterocycles. The van der Waals surface area contributed by atoms with Crippen LogP contribution in [0.3, 0.4) is 0 Å². The van der Waals surface area contributed by atoms with Crippen molar-refractivity contribution in [3.63, 3.8) is 0 Å². The minimum absolute atomic E-state index is 0.148. The fraction of sp³-hybridized carbons (Fsp3) is 0.250. The topological polar surface area (TPSA) is 76.0 Å². The summed E-state index contributed by atoms with van der Waals surface area (Å²) in [5.41, 5.74) is 3.87. The van der Waals surface area contributed by atoms with Crippen molar-refractivity contribution >= 4 is 40.1 Å². The summed E-state index contributed by atoms with van der Waals surface area (Å²) in [4.78, 5) is 28.6. The van der Waals surface area contributed by atoms with Gasteiger partial charge in [0.15, 0.2) is 0 Å². The third kappa shape index (κ3) is 4.46. The molecule has 3 rings (SSSR count). The third-order valence-electron chi connectivity index (χ3n) is 4.22. The summed E-state index contributed by atoms with van der Waals surface area (Å²) in [5, 5.41) is 5.98. The Labute approximate surface area is 162 Å². The zero-order valence-corrected chi connectivity index (χ0v) is 16.0. The lowest BCUT2D eigenvalue weighted by atomic mass is 10.2. The molecule has 0 spiro atoms. The lowest BCUT2D eigenvalue weighted by molar-refractivity contribution is -0.116. The van der Waals surface area contributed by atoms with Crippen LogP contribution in [0.4, 0.5) is 5.69 Å². The van der Waals surface area contributed by atoms with Crippen LogP contribution < -0.4 is 10.6 Å². The molecule has 2 aromatic carbocycles. The number of benzene rings is 2. The maximum absolute atomic E-state index is 12.3. The molecule has 140 valence electrons. The van der Waals surface area contributed by atoms with Crippen LogP contribution in [-0.2, 0) is 11.3 Å². The largest absolute Gasteiger partial charge is 0.352 e. The van der Waals surface area contributed by atoms with E-state index in [-0.39, 0.29) is 24.8 Å². The number of carbonyl (C=O) groups is 2. The molecule has 2 amide bonds. The van der Waals surface area contributed by atoms with Crippen LogP contribution in [-0.4, -0.2) is 27.9 Å². The van der Waals surface area contributed by atoms with Crippen molar-refractivity contribution in [2.75, 3.05) is 11.9 Å². The Morgan fingerprint density at radius 1 is 1.19 bits per heavy atom. The van der Waals surface area contributed by atoms with E-state index in [1.54, 1.807) is 12.1 Å². The molecular formula is C20H21ClN4O2. The summed E-state index contributed by atoms with van der Waals surface area (Å²) < 4.78 is 1.87. The molecule has 7 heteroatoms. The van der Waals surface area contributed by atoms with Crippen molar-refractivity contribution in [2.24, 2.45) is 0 Å². The quantitative estimate of drug-likeness (QED) is 0.679. The van der Waals surface area contributed by atoms with Gasteiger partial charge in [-0.3, -0.25) is 9.59 Å². The van der Waals surface area contributed by atoms with Gasteiger partial charge in [0.25, 0.3) is 5.91 Å². The zero-order chi connectivity index (χ0) is 19.4. The van der Waals surface area contributed by atoms with Gasteiger partial charge in [-0.05, 0) is 61.3 Å². The van der Waals surface area contributed by atoms with Crippen molar-refractivity contribution in [3.05, 3.63) is 58.9 Å². The van der Waals surface area contributed by atoms with Crippen LogP contribution in [0.2, 0.25) is 5.28 Å². The minimum atomic E-state index is -0.248. The first-order valence-electron chi connectivity index (χ1n) is 8.78. The van der Waals surface area contributed by atoms with E-state index in [4.69, 9.17) is 11.6 Å². The maximum atomic E-state index is 12.3. The van der Waals surface area contributed by atoms with Crippen LogP contribution in [0.1, 0.15) is 29.3 Å². The number of aryl methyl sites for hydroxylation is 2. The zero-order valence-electron chi connectivity index (χ0n) is 15.3. The first kappa shape index (κ1) is 18.9. The number of nitrogens with one attached hydrogen (secondary N) is 2. The average Bonchev–Trinajstić information content (AvgIpc) is 2.95. The van der Waals surface area contributed by atoms with Gasteiger partial charge < -0.3 is 15.2 Å². The molecule has 6 nitrogen and oxygen atoms in total. The van der Waals surface area contributed by atoms with E-state index in [2.05, 4.69) is 15.6 Å². The van der Waals surface area contributed by atoms with Crippen molar-refractivity contribution in [1.29, 1.82) is 0 Å². The highest BCUT2D eigenvalue weighted by Gasteiger charge is 2.12. The summed E-state index contributed by atoms with van der Waals surface area (Å²) in [5.74, 6) is -0.396. The molecule has 0 saturated carbocycles. The van der Waals surface area contributed by atoms with Gasteiger partial charge in [0.05, 0.1) is 11.0 Å². The summed E-state index contributed by atoms with van der Waals surface area (Å²) in [6.45, 7) is 4.90. The van der Waals surface area contributed by atoms with Crippen molar-refractivity contribution in [1.82, 2.24) is 14.9 Å². The molecule has 0 fully saturated rings. The van der Waals surface area contributed by atoms with Crippen molar-refractivity contribution in [3.8, 4) is 0 Å². The van der Waals surface area contributed by atoms with Crippen LogP contribution in [0.25, 0.3) is 11.0 Å². The highest BCUT2D eigenvalue weighted by Crippen LogP contribution is 2.21. The van der Waals surface area contributed by atoms with E-state index in [0.29, 0.717) is 22.9 Å². The molecule has 1 heterocycles. The van der Waals surface area contributed by atoms with Gasteiger partial charge in [0.2, 0.25) is 11.2 Å². The second-order valence-electron chi connectivity index (χ2n) is 6.25. The molecule has 27 heavy (non-hydrogen) atoms. The Balaban J connectivity index is 1.56. The van der Waals surface area contributed by atoms with Crippen LogP contribution in [0.15, 0.2) is 42.5 Å². The van der Waals surface area contributed by atoms with E-state index in [0.717, 1.165) is 16.8 Å². The van der Waals surface area contributed by atoms with Crippen molar-refractivity contribution in [2.45, 2.75) is 26.8 Å². The lowest BCUT2D eigenvalue weighted by Crippen LogP contribution is -2.27. The predicted molar refractivity (Wildman–Crippen MR) is 107 cm³/mol. The second-order valence-corrected chi connectivity index (χ2v) is 6.59. The standard InChI is InChI=1S/C20H21ClN4O2/c1-3-25-17-8-7-14(12-16(17)24-20(25)21)19(27)22-10-9-18(26)23-15-6-4-5-13(2)11-15/h4-8,11-12H,3,9-10H2,1-2H3,(H,22,27)(H,23,26). The second kappa shape index (κ2) is 8.22. The van der Waals surface area contributed by atoms with Gasteiger partial charge in [0.1, 0.15) is 0 Å². The predicted octanol–water partition coefficient (Wildman–Crippen LogP) is 3.78. The van der Waals surface area contributed by atoms with Gasteiger partial charge in [-0.1, -0.05) is 12.1 Å². The number of imidazole rings is 1. The highest BCUT2D eigenvalue weighted by atomic mass is 35.5. The molecule has 0 bridgehead atoms. The van der Waals surface area contributed by atoms with Gasteiger partial charge in [-0.25, -0.2) is 4.98 Å². The minimum Gasteiger partial charge on any atom is -0.352 e. The third-order valence-corrected chi connectivity index (χ3v) is 4.51. The van der Waals surface area contributed by atoms with E-state index >= 15 is 0 Å². The first-order valence-corrected chi connectivity index (χ1v) is 9.16. The summed E-state index contributed by atoms with van der Waals surface area (Å²) in [6.07, 6.45) is 0.193. The number of halogens is 1. The highest BCUT2D eigenvalue weighted by molar-refractivity contribution is 6.29. The summed E-state index contributed by atoms with van der Waals surface area (Å²) >= 11 is 6.10. The van der Waals surface area contributed by atoms with E-state index in [1.807, 2.05) is 48.7 Å². The van der Waals surface area contributed by atoms with Gasteiger partial charge >= 0.3 is 0 Å². The molecule has 0 aliphatic rings. The van der Waals surface area contributed by atoms with E-state index in [9.17, 15) is 9.59 Å². The van der Waals surface area contributed by atoms with E-state index in [1.165, 1.54) is 0 Å². The molecule has 2 N–H and O–H groups in total. The van der Waals surface area contributed by atoms with Gasteiger partial charge in [0, 0.05) is 30.8 Å². The molecule has 0 aliphatic carbocycles. The van der Waals surface area contributed by atoms with Crippen LogP contribution in [0.5, 0.6) is 0 Å². The lowest BCUT2D eigenvalue weighted by Gasteiger charge is -2.08. The Morgan fingerprint density at radius 2 is 2.00 bits per heavy atom. The Kier molecular flexibility index (Phi) is 5.76. The van der Waals surface area contributed by atoms with Crippen LogP contribution in [0, 0.1) is 6.92 Å². The SMILES string of the molecule is CCn1c(Cl)nc2cc(C(=O)NCCC(=O)Nc3cccc(C)c3)ccc21. The number of nitrogens with zero attached hydrogens (tertiary/aromatic N) is 2. The number of hydrogen-bond acceptors (Lipinski definition) is 3. The average molecular weight is 385 g/mol. The summed E-state index contributed by atoms with van der Waals surface area (Å²) in [6, 6.07) is 12.8. The number of anilines is 1. The van der Waals surface area contributed by atoms with E-state index < -0.39 is 0 Å². The fourth-order valence-corrected chi connectivity index (χ4v) is 3.18. The molecule has 3 aromatic rings.